The Bertz CT molecular complexity index is 268. The molecular weight excluding hydrogens is 224 g/mol. The van der Waals surface area contributed by atoms with Gasteiger partial charge in [0.25, 0.3) is 0 Å². The van der Waals surface area contributed by atoms with Crippen molar-refractivity contribution in [1.29, 1.82) is 0 Å². The maximum atomic E-state index is 5.18. The van der Waals surface area contributed by atoms with Gasteiger partial charge in [-0.05, 0) is 22.0 Å². The molecule has 0 aliphatic carbocycles. The summed E-state index contributed by atoms with van der Waals surface area (Å²) in [5.41, 5.74) is 5.83. The third kappa shape index (κ3) is 2.07. The summed E-state index contributed by atoms with van der Waals surface area (Å²) in [6.07, 6.45) is 1.60. The number of nitrogens with zero attached hydrogens (tertiary/aromatic N) is 1. The van der Waals surface area contributed by atoms with Crippen molar-refractivity contribution >= 4 is 27.4 Å². The number of nitrogen functional groups attached to an aromatic ring is 1. The van der Waals surface area contributed by atoms with E-state index in [9.17, 15) is 0 Å². The van der Waals surface area contributed by atoms with Crippen LogP contribution in [0.5, 0.6) is 0 Å². The Morgan fingerprint density at radius 1 is 1.67 bits per heavy atom. The van der Waals surface area contributed by atoms with Gasteiger partial charge in [-0.2, -0.15) is 0 Å². The summed E-state index contributed by atoms with van der Waals surface area (Å²) in [4.78, 5) is 8.68. The van der Waals surface area contributed by atoms with Crippen LogP contribution in [0.2, 0.25) is 0 Å². The van der Waals surface area contributed by atoms with Gasteiger partial charge in [-0.3, -0.25) is 10.3 Å². The summed E-state index contributed by atoms with van der Waals surface area (Å²) in [7, 11) is 1.53. The van der Waals surface area contributed by atoms with Crippen LogP contribution in [0.1, 0.15) is 0 Å². The number of halogens is 1. The molecule has 0 saturated heterocycles. The minimum absolute atomic E-state index is 0.580. The second kappa shape index (κ2) is 4.24. The summed E-state index contributed by atoms with van der Waals surface area (Å²) in [6, 6.07) is 1.80. The third-order valence-electron chi connectivity index (χ3n) is 1.20. The van der Waals surface area contributed by atoms with Gasteiger partial charge in [0.15, 0.2) is 5.82 Å². The van der Waals surface area contributed by atoms with Crippen LogP contribution in [0.3, 0.4) is 0 Å². The molecule has 0 saturated carbocycles. The van der Waals surface area contributed by atoms with Crippen molar-refractivity contribution in [3.8, 4) is 0 Å². The monoisotopic (exact) mass is 232 g/mol. The predicted octanol–water partition coefficient (Wildman–Crippen LogP) is 1.10. The fourth-order valence-electron chi connectivity index (χ4n) is 0.718. The molecule has 4 N–H and O–H groups in total. The second-order valence-electron chi connectivity index (χ2n) is 2.00. The molecule has 5 nitrogen and oxygen atoms in total. The lowest BCUT2D eigenvalue weighted by Gasteiger charge is -2.05. The minimum Gasteiger partial charge on any atom is -0.308 e. The first kappa shape index (κ1) is 9.24. The number of pyridine rings is 1. The molecule has 6 heteroatoms. The SMILES string of the molecule is CONc1cnc(NN)c(Br)c1. The van der Waals surface area contributed by atoms with E-state index in [0.29, 0.717) is 5.82 Å². The molecule has 1 heterocycles. The Kier molecular flexibility index (Phi) is 3.27. The molecule has 66 valence electrons. The van der Waals surface area contributed by atoms with E-state index in [-0.39, 0.29) is 0 Å². The lowest BCUT2D eigenvalue weighted by molar-refractivity contribution is 0.271. The predicted molar refractivity (Wildman–Crippen MR) is 50.4 cm³/mol. The van der Waals surface area contributed by atoms with Crippen LogP contribution in [-0.4, -0.2) is 12.1 Å². The summed E-state index contributed by atoms with van der Waals surface area (Å²) in [5.74, 6) is 5.76. The zero-order valence-corrected chi connectivity index (χ0v) is 8.05. The van der Waals surface area contributed by atoms with Crippen molar-refractivity contribution in [2.45, 2.75) is 0 Å². The lowest BCUT2D eigenvalue weighted by Crippen LogP contribution is -2.09. The van der Waals surface area contributed by atoms with E-state index < -0.39 is 0 Å². The summed E-state index contributed by atoms with van der Waals surface area (Å²) < 4.78 is 0.770. The molecule has 0 amide bonds. The Balaban J connectivity index is 2.86. The Hall–Kier alpha value is -0.850. The van der Waals surface area contributed by atoms with E-state index in [1.54, 1.807) is 12.3 Å². The van der Waals surface area contributed by atoms with Gasteiger partial charge in [0, 0.05) is 0 Å². The van der Waals surface area contributed by atoms with Crippen molar-refractivity contribution < 1.29 is 4.84 Å². The third-order valence-corrected chi connectivity index (χ3v) is 1.80. The van der Waals surface area contributed by atoms with Crippen molar-refractivity contribution in [1.82, 2.24) is 4.98 Å². The maximum Gasteiger partial charge on any atom is 0.154 e. The highest BCUT2D eigenvalue weighted by atomic mass is 79.9. The molecule has 0 bridgehead atoms. The molecule has 1 rings (SSSR count). The van der Waals surface area contributed by atoms with E-state index in [2.05, 4.69) is 31.8 Å². The molecular formula is C6H9BrN4O. The number of hydrogen-bond acceptors (Lipinski definition) is 5. The highest BCUT2D eigenvalue weighted by Gasteiger charge is 1.99. The first-order valence-corrected chi connectivity index (χ1v) is 3.98. The van der Waals surface area contributed by atoms with Gasteiger partial charge in [-0.25, -0.2) is 10.8 Å². The van der Waals surface area contributed by atoms with Crippen LogP contribution in [0.15, 0.2) is 16.7 Å². The molecule has 12 heavy (non-hydrogen) atoms. The van der Waals surface area contributed by atoms with Crippen LogP contribution in [0.4, 0.5) is 11.5 Å². The molecule has 0 aromatic carbocycles. The van der Waals surface area contributed by atoms with Crippen LogP contribution < -0.4 is 16.7 Å². The van der Waals surface area contributed by atoms with E-state index in [1.165, 1.54) is 7.11 Å². The fourth-order valence-corrected chi connectivity index (χ4v) is 1.18. The number of anilines is 2. The maximum absolute atomic E-state index is 5.18. The average molecular weight is 233 g/mol. The highest BCUT2D eigenvalue weighted by molar-refractivity contribution is 9.10. The normalized spacial score (nSPS) is 9.58. The number of rotatable bonds is 3. The smallest absolute Gasteiger partial charge is 0.154 e. The zero-order chi connectivity index (χ0) is 8.97. The number of nitrogens with two attached hydrogens (primary N) is 1. The Labute approximate surface area is 78.4 Å². The van der Waals surface area contributed by atoms with E-state index in [0.717, 1.165) is 10.2 Å². The Morgan fingerprint density at radius 3 is 2.92 bits per heavy atom. The standard InChI is InChI=1S/C6H9BrN4O/c1-12-11-4-2-5(7)6(10-8)9-3-4/h2-3,11H,8H2,1H3,(H,9,10). The van der Waals surface area contributed by atoms with Gasteiger partial charge in [0.1, 0.15) is 0 Å². The van der Waals surface area contributed by atoms with Crippen LogP contribution in [0.25, 0.3) is 0 Å². The highest BCUT2D eigenvalue weighted by Crippen LogP contribution is 2.21. The molecule has 0 atom stereocenters. The van der Waals surface area contributed by atoms with Crippen molar-refractivity contribution in [2.75, 3.05) is 18.0 Å². The quantitative estimate of drug-likeness (QED) is 0.538. The first-order chi connectivity index (χ1) is 5.77. The van der Waals surface area contributed by atoms with E-state index in [4.69, 9.17) is 10.7 Å². The zero-order valence-electron chi connectivity index (χ0n) is 6.47. The summed E-state index contributed by atoms with van der Waals surface area (Å²) in [6.45, 7) is 0. The van der Waals surface area contributed by atoms with Crippen LogP contribution >= 0.6 is 15.9 Å². The van der Waals surface area contributed by atoms with Crippen molar-refractivity contribution in [2.24, 2.45) is 5.84 Å². The second-order valence-corrected chi connectivity index (χ2v) is 2.86. The lowest BCUT2D eigenvalue weighted by atomic mass is 10.4. The van der Waals surface area contributed by atoms with Crippen LogP contribution in [-0.2, 0) is 4.84 Å². The van der Waals surface area contributed by atoms with Gasteiger partial charge in [-0.1, -0.05) is 0 Å². The van der Waals surface area contributed by atoms with Gasteiger partial charge in [-0.15, -0.1) is 0 Å². The van der Waals surface area contributed by atoms with Gasteiger partial charge >= 0.3 is 0 Å². The molecule has 0 aliphatic rings. The topological polar surface area (TPSA) is 72.2 Å². The first-order valence-electron chi connectivity index (χ1n) is 3.19. The van der Waals surface area contributed by atoms with E-state index >= 15 is 0 Å². The van der Waals surface area contributed by atoms with Crippen molar-refractivity contribution in [3.05, 3.63) is 16.7 Å². The van der Waals surface area contributed by atoms with Crippen molar-refractivity contribution in [3.63, 3.8) is 0 Å². The minimum atomic E-state index is 0.580. The molecule has 1 aromatic heterocycles. The molecule has 0 unspecified atom stereocenters. The number of aromatic nitrogens is 1. The number of nitrogens with one attached hydrogen (secondary N) is 2. The Morgan fingerprint density at radius 2 is 2.42 bits per heavy atom. The largest absolute Gasteiger partial charge is 0.308 e. The molecule has 0 fully saturated rings. The number of hydrazine groups is 1. The van der Waals surface area contributed by atoms with Crippen LogP contribution in [0, 0.1) is 0 Å². The molecule has 0 aliphatic heterocycles. The molecule has 0 radical (unpaired) electrons. The van der Waals surface area contributed by atoms with Gasteiger partial charge in [0.05, 0.1) is 23.5 Å². The summed E-state index contributed by atoms with van der Waals surface area (Å²) >= 11 is 3.28. The summed E-state index contributed by atoms with van der Waals surface area (Å²) in [5, 5.41) is 0. The van der Waals surface area contributed by atoms with E-state index in [1.807, 2.05) is 0 Å². The molecule has 0 spiro atoms. The average Bonchev–Trinajstić information content (AvgIpc) is 2.05. The van der Waals surface area contributed by atoms with Gasteiger partial charge in [0.2, 0.25) is 0 Å². The molecule has 1 aromatic rings. The number of hydrogen-bond donors (Lipinski definition) is 3. The fraction of sp³-hybridized carbons (Fsp3) is 0.167. The van der Waals surface area contributed by atoms with Gasteiger partial charge < -0.3 is 5.43 Å².